The molecule has 7 heteroatoms. The van der Waals surface area contributed by atoms with Crippen LogP contribution in [0.1, 0.15) is 53.9 Å². The zero-order valence-corrected chi connectivity index (χ0v) is 17.1. The molecule has 1 saturated heterocycles. The number of hydrogen-bond acceptors (Lipinski definition) is 4. The first-order valence-corrected chi connectivity index (χ1v) is 11.5. The summed E-state index contributed by atoms with van der Waals surface area (Å²) in [6, 6.07) is 17.9. The highest BCUT2D eigenvalue weighted by Gasteiger charge is 2.48. The lowest BCUT2D eigenvalue weighted by Crippen LogP contribution is -2.43. The maximum Gasteiger partial charge on any atom is 0.394 e. The molecule has 6 nitrogen and oxygen atoms in total. The second-order valence-corrected chi connectivity index (χ2v) is 8.83. The van der Waals surface area contributed by atoms with Crippen LogP contribution in [-0.4, -0.2) is 48.7 Å². The van der Waals surface area contributed by atoms with Crippen LogP contribution in [0.5, 0.6) is 0 Å². The molecule has 1 heterocycles. The first-order chi connectivity index (χ1) is 13.9. The van der Waals surface area contributed by atoms with Gasteiger partial charge in [0.15, 0.2) is 0 Å². The summed E-state index contributed by atoms with van der Waals surface area (Å²) < 4.78 is 38.3. The lowest BCUT2D eigenvalue weighted by Gasteiger charge is -2.49. The van der Waals surface area contributed by atoms with E-state index in [-0.39, 0.29) is 5.60 Å². The van der Waals surface area contributed by atoms with E-state index in [2.05, 4.69) is 53.4 Å². The summed E-state index contributed by atoms with van der Waals surface area (Å²) in [6.45, 7) is 4.38. The molecule has 156 valence electrons. The van der Waals surface area contributed by atoms with Crippen molar-refractivity contribution in [3.05, 3.63) is 70.8 Å². The highest BCUT2D eigenvalue weighted by Crippen LogP contribution is 2.56. The number of likely N-dealkylation sites (tertiary alicyclic amines) is 1. The van der Waals surface area contributed by atoms with Gasteiger partial charge in [-0.2, -0.15) is 8.42 Å². The minimum Gasteiger partial charge on any atom is -0.364 e. The van der Waals surface area contributed by atoms with Crippen molar-refractivity contribution < 1.29 is 22.3 Å². The van der Waals surface area contributed by atoms with Gasteiger partial charge in [0.2, 0.25) is 0 Å². The van der Waals surface area contributed by atoms with Gasteiger partial charge in [-0.15, -0.1) is 0 Å². The van der Waals surface area contributed by atoms with Gasteiger partial charge in [-0.05, 0) is 61.0 Å². The fourth-order valence-corrected chi connectivity index (χ4v) is 5.16. The van der Waals surface area contributed by atoms with E-state index in [0.717, 1.165) is 19.6 Å². The molecule has 6 rings (SSSR count). The Morgan fingerprint density at radius 1 is 0.966 bits per heavy atom. The topological polar surface area (TPSA) is 87.1 Å². The first-order valence-electron chi connectivity index (χ1n) is 10.1. The van der Waals surface area contributed by atoms with Crippen LogP contribution >= 0.6 is 0 Å². The van der Waals surface area contributed by atoms with Gasteiger partial charge in [-0.3, -0.25) is 9.11 Å². The number of rotatable bonds is 4. The lowest BCUT2D eigenvalue weighted by molar-refractivity contribution is -0.0452. The van der Waals surface area contributed by atoms with Gasteiger partial charge < -0.3 is 9.64 Å². The summed E-state index contributed by atoms with van der Waals surface area (Å²) in [7, 11) is -4.67. The van der Waals surface area contributed by atoms with Gasteiger partial charge in [-0.1, -0.05) is 48.5 Å². The summed E-state index contributed by atoms with van der Waals surface area (Å²) in [6.07, 6.45) is 5.01. The third kappa shape index (κ3) is 4.25. The molecule has 2 aromatic carbocycles. The molecule has 0 spiro atoms. The van der Waals surface area contributed by atoms with Crippen molar-refractivity contribution in [1.82, 2.24) is 4.90 Å². The Balaban J connectivity index is 0.000000369. The molecule has 2 N–H and O–H groups in total. The van der Waals surface area contributed by atoms with Crippen LogP contribution in [0.3, 0.4) is 0 Å². The quantitative estimate of drug-likeness (QED) is 0.739. The van der Waals surface area contributed by atoms with E-state index in [0.29, 0.717) is 5.92 Å². The van der Waals surface area contributed by atoms with Crippen molar-refractivity contribution in [3.8, 4) is 0 Å². The molecule has 4 aliphatic rings. The van der Waals surface area contributed by atoms with E-state index in [4.69, 9.17) is 22.3 Å². The van der Waals surface area contributed by atoms with Crippen LogP contribution in [0.2, 0.25) is 0 Å². The van der Waals surface area contributed by atoms with Gasteiger partial charge in [-0.25, -0.2) is 0 Å². The zero-order valence-electron chi connectivity index (χ0n) is 16.3. The average Bonchev–Trinajstić information content (AvgIpc) is 3.21. The normalized spacial score (nSPS) is 25.1. The number of hydrogen-bond donors (Lipinski definition) is 2. The van der Waals surface area contributed by atoms with E-state index < -0.39 is 10.4 Å². The predicted molar refractivity (Wildman–Crippen MR) is 111 cm³/mol. The van der Waals surface area contributed by atoms with Crippen LogP contribution in [-0.2, 0) is 20.7 Å². The largest absolute Gasteiger partial charge is 0.394 e. The summed E-state index contributed by atoms with van der Waals surface area (Å²) in [5.41, 5.74) is 5.59. The van der Waals surface area contributed by atoms with Gasteiger partial charge >= 0.3 is 10.4 Å². The molecule has 1 aliphatic heterocycles. The van der Waals surface area contributed by atoms with E-state index >= 15 is 0 Å². The number of ether oxygens (including phenoxy) is 1. The molecule has 0 saturated carbocycles. The lowest BCUT2D eigenvalue weighted by atomic mass is 9.61. The summed E-state index contributed by atoms with van der Waals surface area (Å²) in [5.74, 6) is 0.557. The van der Waals surface area contributed by atoms with Crippen molar-refractivity contribution in [3.63, 3.8) is 0 Å². The van der Waals surface area contributed by atoms with Crippen LogP contribution in [0.25, 0.3) is 0 Å². The van der Waals surface area contributed by atoms with Crippen LogP contribution in [0, 0.1) is 0 Å². The Bertz CT molecular complexity index is 913. The minimum atomic E-state index is -4.67. The summed E-state index contributed by atoms with van der Waals surface area (Å²) >= 11 is 0. The second-order valence-electron chi connectivity index (χ2n) is 7.94. The molecule has 3 aliphatic carbocycles. The Morgan fingerprint density at radius 3 is 2.03 bits per heavy atom. The van der Waals surface area contributed by atoms with Gasteiger partial charge in [0.25, 0.3) is 0 Å². The molecular weight excluding hydrogens is 390 g/mol. The van der Waals surface area contributed by atoms with E-state index in [9.17, 15) is 0 Å². The molecule has 1 fully saturated rings. The van der Waals surface area contributed by atoms with Crippen molar-refractivity contribution in [2.45, 2.75) is 37.2 Å². The third-order valence-corrected chi connectivity index (χ3v) is 6.28. The standard InChI is InChI=1S/C22H25NO.H2O4S/c1-3-9-20-18(7-1)17-11-12-22(20,21-10-4-2-8-19(17)21)24-16-15-23-13-5-6-14-23;1-5(2,3)4/h1-4,7-10,17H,5-6,11-16H2;(H2,1,2,3,4). The fourth-order valence-electron chi connectivity index (χ4n) is 5.16. The monoisotopic (exact) mass is 417 g/mol. The van der Waals surface area contributed by atoms with Crippen molar-refractivity contribution in [1.29, 1.82) is 0 Å². The fraction of sp³-hybridized carbons (Fsp3) is 0.455. The van der Waals surface area contributed by atoms with E-state index in [1.807, 2.05) is 0 Å². The molecule has 0 amide bonds. The SMILES string of the molecule is O=S(=O)(O)O.c1ccc2c(c1)C1CCC2(OCCN2CCCC2)c2ccccc21. The average molecular weight is 418 g/mol. The molecule has 2 bridgehead atoms. The van der Waals surface area contributed by atoms with Crippen molar-refractivity contribution in [2.24, 2.45) is 0 Å². The van der Waals surface area contributed by atoms with Gasteiger partial charge in [0.05, 0.1) is 6.61 Å². The molecule has 0 atom stereocenters. The third-order valence-electron chi connectivity index (χ3n) is 6.28. The number of benzene rings is 2. The Hall–Kier alpha value is -1.77. The maximum atomic E-state index is 8.74. The highest BCUT2D eigenvalue weighted by atomic mass is 32.3. The molecule has 29 heavy (non-hydrogen) atoms. The molecule has 0 aromatic heterocycles. The van der Waals surface area contributed by atoms with Gasteiger partial charge in [0, 0.05) is 12.5 Å². The first kappa shape index (κ1) is 20.5. The van der Waals surface area contributed by atoms with Crippen molar-refractivity contribution >= 4 is 10.4 Å². The number of nitrogens with zero attached hydrogens (tertiary/aromatic N) is 1. The van der Waals surface area contributed by atoms with Crippen LogP contribution in [0.15, 0.2) is 48.5 Å². The molecule has 0 unspecified atom stereocenters. The maximum absolute atomic E-state index is 8.74. The molecular formula is C22H27NO5S. The van der Waals surface area contributed by atoms with E-state index in [1.165, 1.54) is 54.6 Å². The minimum absolute atomic E-state index is 0.221. The number of fused-ring (bicyclic) bond motifs is 1. The van der Waals surface area contributed by atoms with Crippen molar-refractivity contribution in [2.75, 3.05) is 26.2 Å². The molecule has 2 aromatic rings. The summed E-state index contributed by atoms with van der Waals surface area (Å²) in [4.78, 5) is 2.54. The van der Waals surface area contributed by atoms with Crippen LogP contribution in [0.4, 0.5) is 0 Å². The van der Waals surface area contributed by atoms with Crippen LogP contribution < -0.4 is 0 Å². The predicted octanol–water partition coefficient (Wildman–Crippen LogP) is 3.63. The Labute approximate surface area is 172 Å². The smallest absolute Gasteiger partial charge is 0.364 e. The Kier molecular flexibility index (Phi) is 5.77. The summed E-state index contributed by atoms with van der Waals surface area (Å²) in [5, 5.41) is 0. The second kappa shape index (κ2) is 8.16. The zero-order chi connectivity index (χ0) is 20.5. The highest BCUT2D eigenvalue weighted by molar-refractivity contribution is 7.79. The molecule has 0 radical (unpaired) electrons. The van der Waals surface area contributed by atoms with Gasteiger partial charge in [0.1, 0.15) is 5.60 Å². The Morgan fingerprint density at radius 2 is 1.48 bits per heavy atom. The van der Waals surface area contributed by atoms with E-state index in [1.54, 1.807) is 0 Å².